The second-order valence-corrected chi connectivity index (χ2v) is 9.13. The summed E-state index contributed by atoms with van der Waals surface area (Å²) in [6, 6.07) is 16.3. The van der Waals surface area contributed by atoms with E-state index >= 15 is 0 Å². The van der Waals surface area contributed by atoms with Gasteiger partial charge in [-0.1, -0.05) is 12.1 Å². The van der Waals surface area contributed by atoms with Crippen molar-refractivity contribution < 1.29 is 18.7 Å². The maximum atomic E-state index is 14.7. The fourth-order valence-corrected chi connectivity index (χ4v) is 4.37. The molecular weight excluding hydrogens is 431 g/mol. The van der Waals surface area contributed by atoms with Gasteiger partial charge < -0.3 is 19.3 Å². The van der Waals surface area contributed by atoms with Crippen LogP contribution in [0.15, 0.2) is 54.6 Å². The highest BCUT2D eigenvalue weighted by Gasteiger charge is 2.36. The molecule has 0 N–H and O–H groups in total. The Morgan fingerprint density at radius 1 is 1.03 bits per heavy atom. The van der Waals surface area contributed by atoms with Crippen molar-refractivity contribution in [3.63, 3.8) is 0 Å². The van der Waals surface area contributed by atoms with Crippen molar-refractivity contribution in [1.29, 1.82) is 0 Å². The SMILES string of the molecule is COc1cc2c(cc1OC(C)C)C(c1ccc(C)c(F)c1)N(c1ccc(N(C)C)cc1)C(=O)C2. The lowest BCUT2D eigenvalue weighted by atomic mass is 9.86. The summed E-state index contributed by atoms with van der Waals surface area (Å²) < 4.78 is 26.3. The van der Waals surface area contributed by atoms with Crippen molar-refractivity contribution in [3.8, 4) is 11.5 Å². The highest BCUT2D eigenvalue weighted by Crippen LogP contribution is 2.44. The first-order chi connectivity index (χ1) is 16.2. The number of hydrogen-bond acceptors (Lipinski definition) is 4. The Bertz CT molecular complexity index is 1210. The predicted molar refractivity (Wildman–Crippen MR) is 134 cm³/mol. The van der Waals surface area contributed by atoms with E-state index < -0.39 is 6.04 Å². The van der Waals surface area contributed by atoms with E-state index in [0.29, 0.717) is 22.6 Å². The van der Waals surface area contributed by atoms with Crippen LogP contribution in [0, 0.1) is 12.7 Å². The number of amides is 1. The first-order valence-corrected chi connectivity index (χ1v) is 11.4. The highest BCUT2D eigenvalue weighted by atomic mass is 19.1. The maximum absolute atomic E-state index is 14.7. The Morgan fingerprint density at radius 3 is 2.32 bits per heavy atom. The summed E-state index contributed by atoms with van der Waals surface area (Å²) >= 11 is 0. The number of anilines is 2. The Morgan fingerprint density at radius 2 is 1.74 bits per heavy atom. The molecule has 1 aliphatic heterocycles. The van der Waals surface area contributed by atoms with Gasteiger partial charge >= 0.3 is 0 Å². The number of methoxy groups -OCH3 is 1. The zero-order valence-corrected chi connectivity index (χ0v) is 20.6. The average molecular weight is 463 g/mol. The van der Waals surface area contributed by atoms with Crippen LogP contribution in [0.25, 0.3) is 0 Å². The average Bonchev–Trinajstić information content (AvgIpc) is 2.79. The molecule has 34 heavy (non-hydrogen) atoms. The Balaban J connectivity index is 1.92. The molecule has 3 aromatic rings. The number of ether oxygens (including phenoxy) is 2. The molecule has 4 rings (SSSR count). The molecule has 0 saturated heterocycles. The monoisotopic (exact) mass is 462 g/mol. The minimum atomic E-state index is -0.503. The van der Waals surface area contributed by atoms with Gasteiger partial charge in [-0.15, -0.1) is 0 Å². The fraction of sp³-hybridized carbons (Fsp3) is 0.321. The van der Waals surface area contributed by atoms with Crippen LogP contribution in [-0.2, 0) is 11.2 Å². The topological polar surface area (TPSA) is 42.0 Å². The molecule has 1 atom stereocenters. The quantitative estimate of drug-likeness (QED) is 0.473. The summed E-state index contributed by atoms with van der Waals surface area (Å²) in [6.07, 6.45) is 0.163. The van der Waals surface area contributed by atoms with Crippen LogP contribution < -0.4 is 19.3 Å². The van der Waals surface area contributed by atoms with Crippen LogP contribution in [0.2, 0.25) is 0 Å². The maximum Gasteiger partial charge on any atom is 0.232 e. The number of nitrogens with zero attached hydrogens (tertiary/aromatic N) is 2. The third kappa shape index (κ3) is 4.45. The third-order valence-electron chi connectivity index (χ3n) is 6.11. The number of carbonyl (C=O) groups is 1. The van der Waals surface area contributed by atoms with E-state index in [1.807, 2.05) is 75.3 Å². The van der Waals surface area contributed by atoms with Gasteiger partial charge in [-0.05, 0) is 85.5 Å². The van der Waals surface area contributed by atoms with E-state index in [2.05, 4.69) is 0 Å². The Kier molecular flexibility index (Phi) is 6.51. The molecule has 178 valence electrons. The van der Waals surface area contributed by atoms with Crippen molar-refractivity contribution in [2.75, 3.05) is 31.0 Å². The molecule has 1 heterocycles. The lowest BCUT2D eigenvalue weighted by Crippen LogP contribution is -2.41. The molecule has 1 amide bonds. The molecule has 0 fully saturated rings. The van der Waals surface area contributed by atoms with Crippen LogP contribution in [0.3, 0.4) is 0 Å². The Hall–Kier alpha value is -3.54. The first kappa shape index (κ1) is 23.6. The molecule has 0 aromatic heterocycles. The van der Waals surface area contributed by atoms with Crippen LogP contribution in [0.4, 0.5) is 15.8 Å². The van der Waals surface area contributed by atoms with Crippen molar-refractivity contribution in [2.24, 2.45) is 0 Å². The molecule has 1 aliphatic rings. The van der Waals surface area contributed by atoms with E-state index in [1.165, 1.54) is 6.07 Å². The van der Waals surface area contributed by atoms with Crippen LogP contribution in [0.5, 0.6) is 11.5 Å². The lowest BCUT2D eigenvalue weighted by molar-refractivity contribution is -0.118. The van der Waals surface area contributed by atoms with E-state index in [0.717, 1.165) is 22.5 Å². The van der Waals surface area contributed by atoms with E-state index in [4.69, 9.17) is 9.47 Å². The molecule has 3 aromatic carbocycles. The van der Waals surface area contributed by atoms with E-state index in [9.17, 15) is 9.18 Å². The first-order valence-electron chi connectivity index (χ1n) is 11.4. The number of benzene rings is 3. The largest absolute Gasteiger partial charge is 0.493 e. The molecule has 5 nitrogen and oxygen atoms in total. The summed E-state index contributed by atoms with van der Waals surface area (Å²) in [4.78, 5) is 17.3. The van der Waals surface area contributed by atoms with Gasteiger partial charge in [-0.25, -0.2) is 4.39 Å². The van der Waals surface area contributed by atoms with Crippen molar-refractivity contribution >= 4 is 17.3 Å². The van der Waals surface area contributed by atoms with Crippen LogP contribution in [-0.4, -0.2) is 33.2 Å². The van der Waals surface area contributed by atoms with Crippen molar-refractivity contribution in [2.45, 2.75) is 39.3 Å². The highest BCUT2D eigenvalue weighted by molar-refractivity contribution is 5.98. The number of aryl methyl sites for hydroxylation is 1. The van der Waals surface area contributed by atoms with Crippen LogP contribution >= 0.6 is 0 Å². The van der Waals surface area contributed by atoms with E-state index in [-0.39, 0.29) is 24.2 Å². The summed E-state index contributed by atoms with van der Waals surface area (Å²) in [5.41, 5.74) is 4.81. The van der Waals surface area contributed by atoms with Gasteiger partial charge in [0.05, 0.1) is 25.7 Å². The van der Waals surface area contributed by atoms with Crippen molar-refractivity contribution in [3.05, 3.63) is 82.7 Å². The second kappa shape index (κ2) is 9.37. The molecule has 0 aliphatic carbocycles. The number of fused-ring (bicyclic) bond motifs is 1. The zero-order chi connectivity index (χ0) is 24.6. The second-order valence-electron chi connectivity index (χ2n) is 9.13. The standard InChI is InChI=1S/C28H31FN2O3/c1-17(2)34-26-16-23-20(14-25(26)33-6)15-27(32)31(22-11-9-21(10-12-22)30(4)5)28(23)19-8-7-18(3)24(29)13-19/h7-14,16-17,28H,15H2,1-6H3. The zero-order valence-electron chi connectivity index (χ0n) is 20.6. The van der Waals surface area contributed by atoms with Gasteiger partial charge in [-0.2, -0.15) is 0 Å². The molecule has 0 bridgehead atoms. The summed E-state index contributed by atoms with van der Waals surface area (Å²) in [6.45, 7) is 5.64. The molecule has 0 spiro atoms. The normalized spacial score (nSPS) is 15.4. The number of carbonyl (C=O) groups excluding carboxylic acids is 1. The summed E-state index contributed by atoms with van der Waals surface area (Å²) in [5, 5.41) is 0. The van der Waals surface area contributed by atoms with Gasteiger partial charge in [0.25, 0.3) is 0 Å². The predicted octanol–water partition coefficient (Wildman–Crippen LogP) is 5.67. The number of halogens is 1. The third-order valence-corrected chi connectivity index (χ3v) is 6.11. The van der Waals surface area contributed by atoms with Gasteiger partial charge in [0.15, 0.2) is 11.5 Å². The summed E-state index contributed by atoms with van der Waals surface area (Å²) in [5.74, 6) is 0.826. The number of rotatable bonds is 6. The minimum absolute atomic E-state index is 0.0536. The Labute approximate surface area is 200 Å². The smallest absolute Gasteiger partial charge is 0.232 e. The summed E-state index contributed by atoms with van der Waals surface area (Å²) in [7, 11) is 5.53. The number of hydrogen-bond donors (Lipinski definition) is 0. The molecule has 6 heteroatoms. The molecular formula is C28H31FN2O3. The fourth-order valence-electron chi connectivity index (χ4n) is 4.37. The van der Waals surface area contributed by atoms with Gasteiger partial charge in [-0.3, -0.25) is 4.79 Å². The molecule has 0 radical (unpaired) electrons. The van der Waals surface area contributed by atoms with Crippen molar-refractivity contribution in [1.82, 2.24) is 0 Å². The molecule has 1 unspecified atom stereocenters. The van der Waals surface area contributed by atoms with Crippen LogP contribution in [0.1, 0.15) is 42.1 Å². The van der Waals surface area contributed by atoms with Gasteiger partial charge in [0.2, 0.25) is 5.91 Å². The molecule has 0 saturated carbocycles. The van der Waals surface area contributed by atoms with Gasteiger partial charge in [0.1, 0.15) is 5.82 Å². The van der Waals surface area contributed by atoms with Gasteiger partial charge in [0, 0.05) is 25.5 Å². The minimum Gasteiger partial charge on any atom is -0.493 e. The lowest BCUT2D eigenvalue weighted by Gasteiger charge is -2.38. The van der Waals surface area contributed by atoms with E-state index in [1.54, 1.807) is 25.0 Å².